The third-order valence-corrected chi connectivity index (χ3v) is 4.50. The van der Waals surface area contributed by atoms with Crippen LogP contribution in [0.15, 0.2) is 10.2 Å². The smallest absolute Gasteiger partial charge is 0.337 e. The molecule has 0 aromatic carbocycles. The molecule has 0 bridgehead atoms. The van der Waals surface area contributed by atoms with Gasteiger partial charge in [-0.3, -0.25) is 14.2 Å². The van der Waals surface area contributed by atoms with Crippen molar-refractivity contribution in [1.82, 2.24) is 14.9 Å². The molecule has 2 heterocycles. The van der Waals surface area contributed by atoms with E-state index >= 15 is 0 Å². The Hall–Kier alpha value is -2.22. The topological polar surface area (TPSA) is 101 Å². The van der Waals surface area contributed by atoms with Gasteiger partial charge in [0.25, 0.3) is 5.56 Å². The van der Waals surface area contributed by atoms with E-state index in [2.05, 4.69) is 10.3 Å². The summed E-state index contributed by atoms with van der Waals surface area (Å²) in [5.74, 6) is -1.03. The van der Waals surface area contributed by atoms with E-state index in [0.717, 1.165) is 24.2 Å². The Kier molecular flexibility index (Phi) is 5.71. The van der Waals surface area contributed by atoms with Crippen molar-refractivity contribution in [1.29, 1.82) is 0 Å². The number of unbranched alkanes of at least 4 members (excludes halogenated alkanes) is 1. The summed E-state index contributed by atoms with van der Waals surface area (Å²) < 4.78 is 1.29. The molecular formula is C16H21N3O4S. The Bertz CT molecular complexity index is 823. The Morgan fingerprint density at radius 1 is 1.42 bits per heavy atom. The number of hydrogen-bond donors (Lipinski definition) is 2. The van der Waals surface area contributed by atoms with Crippen LogP contribution in [0.1, 0.15) is 55.7 Å². The van der Waals surface area contributed by atoms with Gasteiger partial charge in [0, 0.05) is 17.8 Å². The number of nitrogens with zero attached hydrogens (tertiary/aromatic N) is 2. The molecular weight excluding hydrogens is 330 g/mol. The number of carbonyl (C=O) groups is 2. The zero-order valence-corrected chi connectivity index (χ0v) is 14.8. The summed E-state index contributed by atoms with van der Waals surface area (Å²) in [5.41, 5.74) is -0.545. The molecule has 1 amide bonds. The van der Waals surface area contributed by atoms with Gasteiger partial charge >= 0.3 is 5.97 Å². The Morgan fingerprint density at radius 3 is 2.71 bits per heavy atom. The van der Waals surface area contributed by atoms with Crippen LogP contribution in [0, 0.1) is 0 Å². The molecule has 8 heteroatoms. The maximum Gasteiger partial charge on any atom is 0.337 e. The van der Waals surface area contributed by atoms with E-state index in [1.165, 1.54) is 9.95 Å². The lowest BCUT2D eigenvalue weighted by Gasteiger charge is -2.15. The monoisotopic (exact) mass is 351 g/mol. The number of rotatable bonds is 7. The number of carboxylic acid groups (broad SMARTS) is 1. The Balaban J connectivity index is 2.49. The number of amides is 1. The van der Waals surface area contributed by atoms with Crippen LogP contribution in [0.25, 0.3) is 10.2 Å². The van der Waals surface area contributed by atoms with Crippen LogP contribution in [-0.4, -0.2) is 33.1 Å². The van der Waals surface area contributed by atoms with E-state index in [1.807, 2.05) is 20.8 Å². The molecule has 0 aliphatic rings. The van der Waals surface area contributed by atoms with Crippen molar-refractivity contribution in [3.8, 4) is 0 Å². The summed E-state index contributed by atoms with van der Waals surface area (Å²) in [7, 11) is 0. The molecule has 0 aliphatic carbocycles. The molecule has 0 saturated heterocycles. The fourth-order valence-electron chi connectivity index (χ4n) is 2.40. The normalized spacial score (nSPS) is 11.2. The number of carbonyl (C=O) groups excluding carboxylic acids is 1. The van der Waals surface area contributed by atoms with Crippen molar-refractivity contribution >= 4 is 33.4 Å². The molecule has 2 aromatic heterocycles. The van der Waals surface area contributed by atoms with Gasteiger partial charge in [0.05, 0.1) is 10.9 Å². The standard InChI is InChI=1S/C16H21N3O4S/c1-4-5-6-17-11(20)7-19-13(9(2)3)18-14-12(15(19)21)10(8-24-14)16(22)23/h8-9H,4-7H2,1-3H3,(H,17,20)(H,22,23). The zero-order valence-electron chi connectivity index (χ0n) is 14.0. The molecule has 2 rings (SSSR count). The number of carboxylic acids is 1. The van der Waals surface area contributed by atoms with Crippen LogP contribution < -0.4 is 10.9 Å². The molecule has 0 radical (unpaired) electrons. The molecule has 0 saturated carbocycles. The highest BCUT2D eigenvalue weighted by molar-refractivity contribution is 7.17. The van der Waals surface area contributed by atoms with E-state index in [1.54, 1.807) is 0 Å². The fraction of sp³-hybridized carbons (Fsp3) is 0.500. The first-order valence-corrected chi connectivity index (χ1v) is 8.76. The predicted octanol–water partition coefficient (Wildman–Crippen LogP) is 2.20. The molecule has 0 aliphatic heterocycles. The number of hydrogen-bond acceptors (Lipinski definition) is 5. The summed E-state index contributed by atoms with van der Waals surface area (Å²) in [6.07, 6.45) is 1.82. The molecule has 24 heavy (non-hydrogen) atoms. The van der Waals surface area contributed by atoms with Crippen molar-refractivity contribution in [2.24, 2.45) is 0 Å². The molecule has 130 valence electrons. The average molecular weight is 351 g/mol. The molecule has 0 unspecified atom stereocenters. The highest BCUT2D eigenvalue weighted by Crippen LogP contribution is 2.23. The third-order valence-electron chi connectivity index (χ3n) is 3.62. The van der Waals surface area contributed by atoms with Gasteiger partial charge in [0.15, 0.2) is 0 Å². The van der Waals surface area contributed by atoms with E-state index < -0.39 is 11.5 Å². The largest absolute Gasteiger partial charge is 0.478 e. The third kappa shape index (κ3) is 3.64. The summed E-state index contributed by atoms with van der Waals surface area (Å²) >= 11 is 1.13. The fourth-order valence-corrected chi connectivity index (χ4v) is 3.30. The summed E-state index contributed by atoms with van der Waals surface area (Å²) in [4.78, 5) is 41.0. The Morgan fingerprint density at radius 2 is 2.12 bits per heavy atom. The maximum absolute atomic E-state index is 12.8. The van der Waals surface area contributed by atoms with Gasteiger partial charge in [0.1, 0.15) is 17.2 Å². The second-order valence-electron chi connectivity index (χ2n) is 5.85. The van der Waals surface area contributed by atoms with Crippen LogP contribution in [0.3, 0.4) is 0 Å². The predicted molar refractivity (Wildman–Crippen MR) is 92.8 cm³/mol. The molecule has 2 aromatic rings. The minimum atomic E-state index is -1.17. The number of aromatic carboxylic acids is 1. The number of fused-ring (bicyclic) bond motifs is 1. The second-order valence-corrected chi connectivity index (χ2v) is 6.71. The molecule has 7 nitrogen and oxygen atoms in total. The molecule has 0 atom stereocenters. The zero-order chi connectivity index (χ0) is 17.9. The number of nitrogens with one attached hydrogen (secondary N) is 1. The number of thiophene rings is 1. The van der Waals surface area contributed by atoms with E-state index in [0.29, 0.717) is 17.2 Å². The molecule has 0 fully saturated rings. The van der Waals surface area contributed by atoms with Gasteiger partial charge < -0.3 is 10.4 Å². The second kappa shape index (κ2) is 7.57. The lowest BCUT2D eigenvalue weighted by molar-refractivity contribution is -0.121. The summed E-state index contributed by atoms with van der Waals surface area (Å²) in [6.45, 7) is 6.18. The van der Waals surface area contributed by atoms with Crippen LogP contribution in [0.2, 0.25) is 0 Å². The summed E-state index contributed by atoms with van der Waals surface area (Å²) in [6, 6.07) is 0. The molecule has 0 spiro atoms. The van der Waals surface area contributed by atoms with Crippen molar-refractivity contribution < 1.29 is 14.7 Å². The Labute approximate surface area is 143 Å². The van der Waals surface area contributed by atoms with Crippen LogP contribution in [0.4, 0.5) is 0 Å². The van der Waals surface area contributed by atoms with Crippen LogP contribution in [-0.2, 0) is 11.3 Å². The SMILES string of the molecule is CCCCNC(=O)Cn1c(C(C)C)nc2scc(C(=O)O)c2c1=O. The maximum atomic E-state index is 12.8. The van der Waals surface area contributed by atoms with Gasteiger partial charge in [-0.2, -0.15) is 0 Å². The quantitative estimate of drug-likeness (QED) is 0.745. The highest BCUT2D eigenvalue weighted by atomic mass is 32.1. The van der Waals surface area contributed by atoms with Crippen LogP contribution >= 0.6 is 11.3 Å². The van der Waals surface area contributed by atoms with Crippen molar-refractivity contribution in [3.05, 3.63) is 27.1 Å². The first-order chi connectivity index (χ1) is 11.4. The van der Waals surface area contributed by atoms with Gasteiger partial charge in [-0.25, -0.2) is 9.78 Å². The van der Waals surface area contributed by atoms with Crippen molar-refractivity contribution in [2.45, 2.75) is 46.1 Å². The van der Waals surface area contributed by atoms with E-state index in [-0.39, 0.29) is 29.3 Å². The average Bonchev–Trinajstić information content (AvgIpc) is 2.94. The van der Waals surface area contributed by atoms with Gasteiger partial charge in [0.2, 0.25) is 5.91 Å². The van der Waals surface area contributed by atoms with Gasteiger partial charge in [-0.05, 0) is 6.42 Å². The van der Waals surface area contributed by atoms with Gasteiger partial charge in [-0.15, -0.1) is 11.3 Å². The van der Waals surface area contributed by atoms with E-state index in [9.17, 15) is 19.5 Å². The highest BCUT2D eigenvalue weighted by Gasteiger charge is 2.21. The van der Waals surface area contributed by atoms with Crippen LogP contribution in [0.5, 0.6) is 0 Å². The van der Waals surface area contributed by atoms with Gasteiger partial charge in [-0.1, -0.05) is 27.2 Å². The summed E-state index contributed by atoms with van der Waals surface area (Å²) in [5, 5.41) is 13.5. The minimum Gasteiger partial charge on any atom is -0.478 e. The van der Waals surface area contributed by atoms with E-state index in [4.69, 9.17) is 0 Å². The lowest BCUT2D eigenvalue weighted by atomic mass is 10.2. The first kappa shape index (κ1) is 18.1. The number of aromatic nitrogens is 2. The molecule has 2 N–H and O–H groups in total. The van der Waals surface area contributed by atoms with Crippen molar-refractivity contribution in [2.75, 3.05) is 6.54 Å². The van der Waals surface area contributed by atoms with Crippen molar-refractivity contribution in [3.63, 3.8) is 0 Å². The lowest BCUT2D eigenvalue weighted by Crippen LogP contribution is -2.35. The minimum absolute atomic E-state index is 0.0667. The first-order valence-electron chi connectivity index (χ1n) is 7.88.